The number of alkyl carbamates (subject to hydrolysis) is 1. The summed E-state index contributed by atoms with van der Waals surface area (Å²) in [7, 11) is 1.33. The quantitative estimate of drug-likeness (QED) is 0.805. The number of ether oxygens (including phenoxy) is 2. The molecule has 22 heavy (non-hydrogen) atoms. The number of halogens is 1. The van der Waals surface area contributed by atoms with Crippen molar-refractivity contribution < 1.29 is 19.1 Å². The van der Waals surface area contributed by atoms with Gasteiger partial charge in [0.15, 0.2) is 0 Å². The van der Waals surface area contributed by atoms with Gasteiger partial charge in [0, 0.05) is 10.5 Å². The van der Waals surface area contributed by atoms with Gasteiger partial charge >= 0.3 is 12.1 Å². The van der Waals surface area contributed by atoms with Crippen molar-refractivity contribution in [2.75, 3.05) is 7.11 Å². The molecule has 0 saturated heterocycles. The van der Waals surface area contributed by atoms with Crippen molar-refractivity contribution in [3.8, 4) is 0 Å². The van der Waals surface area contributed by atoms with E-state index in [-0.39, 0.29) is 18.4 Å². The van der Waals surface area contributed by atoms with Gasteiger partial charge in [0.05, 0.1) is 13.5 Å². The Balaban J connectivity index is 2.73. The fourth-order valence-corrected chi connectivity index (χ4v) is 2.10. The van der Waals surface area contributed by atoms with Crippen molar-refractivity contribution >= 4 is 28.0 Å². The maximum Gasteiger partial charge on any atom is 0.407 e. The van der Waals surface area contributed by atoms with Crippen LogP contribution in [-0.2, 0) is 20.7 Å². The summed E-state index contributed by atoms with van der Waals surface area (Å²) in [6.07, 6.45) is 0.0616. The molecular weight excluding hydrogens is 350 g/mol. The molecule has 0 saturated carbocycles. The highest BCUT2D eigenvalue weighted by molar-refractivity contribution is 9.10. The minimum absolute atomic E-state index is 0.0891. The Kier molecular flexibility index (Phi) is 6.87. The summed E-state index contributed by atoms with van der Waals surface area (Å²) in [6, 6.07) is 7.32. The Bertz CT molecular complexity index is 508. The van der Waals surface area contributed by atoms with Gasteiger partial charge in [-0.05, 0) is 44.9 Å². The first kappa shape index (κ1) is 18.5. The second-order valence-electron chi connectivity index (χ2n) is 5.95. The van der Waals surface area contributed by atoms with Crippen molar-refractivity contribution in [2.24, 2.45) is 0 Å². The lowest BCUT2D eigenvalue weighted by Gasteiger charge is -2.23. The highest BCUT2D eigenvalue weighted by atomic mass is 79.9. The Labute approximate surface area is 139 Å². The van der Waals surface area contributed by atoms with Crippen LogP contribution in [0, 0.1) is 0 Å². The molecule has 0 unspecified atom stereocenters. The molecular formula is C16H22BrNO4. The molecule has 1 rings (SSSR count). The number of carbonyl (C=O) groups excluding carboxylic acids is 2. The van der Waals surface area contributed by atoms with Crippen LogP contribution >= 0.6 is 15.9 Å². The van der Waals surface area contributed by atoms with Crippen LogP contribution in [0.25, 0.3) is 0 Å². The molecule has 0 aromatic heterocycles. The molecule has 6 heteroatoms. The molecule has 1 amide bonds. The molecule has 0 radical (unpaired) electrons. The van der Waals surface area contributed by atoms with Crippen molar-refractivity contribution in [1.29, 1.82) is 0 Å². The minimum atomic E-state index is -0.586. The standard InChI is InChI=1S/C16H22BrNO4/c1-16(2,3)22-15(20)18-13(10-14(19)21-4)9-11-5-7-12(17)8-6-11/h5-8,13H,9-10H2,1-4H3,(H,18,20)/t13-/m0/s1. The third kappa shape index (κ3) is 7.45. The average Bonchev–Trinajstić information content (AvgIpc) is 2.38. The average molecular weight is 372 g/mol. The first-order chi connectivity index (χ1) is 10.2. The number of nitrogens with one attached hydrogen (secondary N) is 1. The first-order valence-corrected chi connectivity index (χ1v) is 7.79. The zero-order valence-electron chi connectivity index (χ0n) is 13.3. The van der Waals surface area contributed by atoms with E-state index in [0.717, 1.165) is 10.0 Å². The summed E-state index contributed by atoms with van der Waals surface area (Å²) >= 11 is 3.37. The lowest BCUT2D eigenvalue weighted by Crippen LogP contribution is -2.41. The molecule has 0 bridgehead atoms. The van der Waals surface area contributed by atoms with Crippen LogP contribution in [0.1, 0.15) is 32.8 Å². The molecule has 0 aliphatic carbocycles. The van der Waals surface area contributed by atoms with Gasteiger partial charge in [-0.2, -0.15) is 0 Å². The summed E-state index contributed by atoms with van der Waals surface area (Å²) in [5.74, 6) is -0.377. The molecule has 0 spiro atoms. The van der Waals surface area contributed by atoms with E-state index in [0.29, 0.717) is 6.42 Å². The fourth-order valence-electron chi connectivity index (χ4n) is 1.84. The Hall–Kier alpha value is -1.56. The maximum absolute atomic E-state index is 11.9. The first-order valence-electron chi connectivity index (χ1n) is 7.00. The number of methoxy groups -OCH3 is 1. The van der Waals surface area contributed by atoms with Gasteiger partial charge in [-0.15, -0.1) is 0 Å². The second kappa shape index (κ2) is 8.17. The van der Waals surface area contributed by atoms with Crippen LogP contribution in [0.4, 0.5) is 4.79 Å². The molecule has 0 heterocycles. The van der Waals surface area contributed by atoms with E-state index in [2.05, 4.69) is 26.0 Å². The highest BCUT2D eigenvalue weighted by Gasteiger charge is 2.22. The molecule has 5 nitrogen and oxygen atoms in total. The third-order valence-electron chi connectivity index (χ3n) is 2.76. The molecule has 1 N–H and O–H groups in total. The minimum Gasteiger partial charge on any atom is -0.469 e. The molecule has 122 valence electrons. The number of carbonyl (C=O) groups is 2. The van der Waals surface area contributed by atoms with E-state index in [9.17, 15) is 9.59 Å². The van der Waals surface area contributed by atoms with Crippen LogP contribution in [0.3, 0.4) is 0 Å². The Morgan fingerprint density at radius 3 is 2.32 bits per heavy atom. The van der Waals surface area contributed by atoms with Crippen molar-refractivity contribution in [3.05, 3.63) is 34.3 Å². The van der Waals surface area contributed by atoms with E-state index in [1.807, 2.05) is 24.3 Å². The number of amides is 1. The van der Waals surface area contributed by atoms with E-state index in [1.165, 1.54) is 7.11 Å². The van der Waals surface area contributed by atoms with Gasteiger partial charge in [0.25, 0.3) is 0 Å². The van der Waals surface area contributed by atoms with E-state index in [1.54, 1.807) is 20.8 Å². The Morgan fingerprint density at radius 2 is 1.82 bits per heavy atom. The highest BCUT2D eigenvalue weighted by Crippen LogP contribution is 2.14. The number of rotatable bonds is 5. The maximum atomic E-state index is 11.9. The van der Waals surface area contributed by atoms with Gasteiger partial charge in [-0.3, -0.25) is 4.79 Å². The van der Waals surface area contributed by atoms with Gasteiger partial charge in [0.1, 0.15) is 5.60 Å². The zero-order valence-corrected chi connectivity index (χ0v) is 14.9. The summed E-state index contributed by atoms with van der Waals surface area (Å²) in [4.78, 5) is 23.4. The number of benzene rings is 1. The largest absolute Gasteiger partial charge is 0.469 e. The number of hydrogen-bond acceptors (Lipinski definition) is 4. The van der Waals surface area contributed by atoms with Gasteiger partial charge in [-0.25, -0.2) is 4.79 Å². The smallest absolute Gasteiger partial charge is 0.407 e. The molecule has 1 atom stereocenters. The van der Waals surface area contributed by atoms with Crippen molar-refractivity contribution in [1.82, 2.24) is 5.32 Å². The summed E-state index contributed by atoms with van der Waals surface area (Å²) < 4.78 is 10.9. The second-order valence-corrected chi connectivity index (χ2v) is 6.87. The number of hydrogen-bond donors (Lipinski definition) is 1. The summed E-state index contributed by atoms with van der Waals surface area (Å²) in [6.45, 7) is 5.36. The van der Waals surface area contributed by atoms with E-state index >= 15 is 0 Å². The van der Waals surface area contributed by atoms with E-state index < -0.39 is 11.7 Å². The zero-order chi connectivity index (χ0) is 16.8. The summed E-state index contributed by atoms with van der Waals surface area (Å²) in [5, 5.41) is 2.73. The number of esters is 1. The van der Waals surface area contributed by atoms with Crippen molar-refractivity contribution in [2.45, 2.75) is 45.3 Å². The molecule has 0 fully saturated rings. The third-order valence-corrected chi connectivity index (χ3v) is 3.29. The van der Waals surface area contributed by atoms with Gasteiger partial charge in [0.2, 0.25) is 0 Å². The van der Waals surface area contributed by atoms with E-state index in [4.69, 9.17) is 4.74 Å². The molecule has 0 aliphatic rings. The van der Waals surface area contributed by atoms with Crippen LogP contribution in [0.5, 0.6) is 0 Å². The molecule has 1 aromatic carbocycles. The normalized spacial score (nSPS) is 12.4. The van der Waals surface area contributed by atoms with Gasteiger partial charge in [-0.1, -0.05) is 28.1 Å². The molecule has 1 aromatic rings. The lowest BCUT2D eigenvalue weighted by atomic mass is 10.0. The van der Waals surface area contributed by atoms with Crippen LogP contribution in [0.15, 0.2) is 28.7 Å². The predicted octanol–water partition coefficient (Wildman–Crippen LogP) is 3.45. The molecule has 0 aliphatic heterocycles. The van der Waals surface area contributed by atoms with Crippen molar-refractivity contribution in [3.63, 3.8) is 0 Å². The SMILES string of the molecule is COC(=O)C[C@H](Cc1ccc(Br)cc1)NC(=O)OC(C)(C)C. The summed E-state index contributed by atoms with van der Waals surface area (Å²) in [5.41, 5.74) is 0.422. The van der Waals surface area contributed by atoms with Crippen LogP contribution < -0.4 is 5.32 Å². The predicted molar refractivity (Wildman–Crippen MR) is 87.6 cm³/mol. The fraction of sp³-hybridized carbons (Fsp3) is 0.500. The van der Waals surface area contributed by atoms with Gasteiger partial charge < -0.3 is 14.8 Å². The van der Waals surface area contributed by atoms with Crippen LogP contribution in [0.2, 0.25) is 0 Å². The monoisotopic (exact) mass is 371 g/mol. The Morgan fingerprint density at radius 1 is 1.23 bits per heavy atom. The topological polar surface area (TPSA) is 64.6 Å². The lowest BCUT2D eigenvalue weighted by molar-refractivity contribution is -0.141. The van der Waals surface area contributed by atoms with Crippen LogP contribution in [-0.4, -0.2) is 30.8 Å².